The first-order valence-electron chi connectivity index (χ1n) is 6.50. The van der Waals surface area contributed by atoms with Gasteiger partial charge in [0.15, 0.2) is 0 Å². The van der Waals surface area contributed by atoms with E-state index in [2.05, 4.69) is 6.92 Å². The fraction of sp³-hybridized carbons (Fsp3) is 0.500. The number of carbonyl (C=O) groups excluding carboxylic acids is 1. The molecule has 2 rings (SSSR count). The lowest BCUT2D eigenvalue weighted by atomic mass is 10.1. The zero-order valence-electron chi connectivity index (χ0n) is 11.4. The Hall–Kier alpha value is -1.75. The molecule has 0 spiro atoms. The molecular formula is C14H20N2O3. The summed E-state index contributed by atoms with van der Waals surface area (Å²) in [6.07, 6.45) is 1.03. The lowest BCUT2D eigenvalue weighted by molar-refractivity contribution is -0.0225. The highest BCUT2D eigenvalue weighted by Crippen LogP contribution is 2.22. The molecule has 0 aromatic heterocycles. The second kappa shape index (κ2) is 5.93. The average molecular weight is 264 g/mol. The van der Waals surface area contributed by atoms with E-state index in [-0.39, 0.29) is 12.0 Å². The highest BCUT2D eigenvalue weighted by Gasteiger charge is 2.25. The van der Waals surface area contributed by atoms with Crippen LogP contribution in [-0.4, -0.2) is 43.7 Å². The Kier molecular flexibility index (Phi) is 4.27. The number of methoxy groups -OCH3 is 1. The van der Waals surface area contributed by atoms with Crippen molar-refractivity contribution in [2.75, 3.05) is 32.5 Å². The van der Waals surface area contributed by atoms with E-state index in [4.69, 9.17) is 15.2 Å². The third-order valence-electron chi connectivity index (χ3n) is 3.37. The summed E-state index contributed by atoms with van der Waals surface area (Å²) in [4.78, 5) is 14.2. The van der Waals surface area contributed by atoms with E-state index in [9.17, 15) is 4.79 Å². The van der Waals surface area contributed by atoms with Gasteiger partial charge in [-0.25, -0.2) is 0 Å². The smallest absolute Gasteiger partial charge is 0.256 e. The summed E-state index contributed by atoms with van der Waals surface area (Å²) in [5.41, 5.74) is 6.89. The molecule has 1 aromatic rings. The standard InChI is InChI=1S/C14H20N2O3/c1-3-10-9-16(6-7-19-10)14(17)12-5-4-11(18-2)8-13(12)15/h4-5,8,10H,3,6-7,9,15H2,1-2H3. The number of amides is 1. The highest BCUT2D eigenvalue weighted by molar-refractivity contribution is 5.99. The van der Waals surface area contributed by atoms with Crippen LogP contribution in [0.4, 0.5) is 5.69 Å². The van der Waals surface area contributed by atoms with Crippen LogP contribution in [0.5, 0.6) is 5.75 Å². The molecule has 1 heterocycles. The molecule has 0 aliphatic carbocycles. The Labute approximate surface area is 113 Å². The molecule has 5 heteroatoms. The van der Waals surface area contributed by atoms with Crippen molar-refractivity contribution in [3.05, 3.63) is 23.8 Å². The van der Waals surface area contributed by atoms with Gasteiger partial charge < -0.3 is 20.1 Å². The number of hydrogen-bond donors (Lipinski definition) is 1. The quantitative estimate of drug-likeness (QED) is 0.841. The Morgan fingerprint density at radius 2 is 2.37 bits per heavy atom. The summed E-state index contributed by atoms with van der Waals surface area (Å²) in [6.45, 7) is 3.88. The normalized spacial score (nSPS) is 19.3. The van der Waals surface area contributed by atoms with E-state index < -0.39 is 0 Å². The Morgan fingerprint density at radius 1 is 1.58 bits per heavy atom. The maximum absolute atomic E-state index is 12.4. The van der Waals surface area contributed by atoms with Gasteiger partial charge in [0.25, 0.3) is 5.91 Å². The largest absolute Gasteiger partial charge is 0.497 e. The number of anilines is 1. The van der Waals surface area contributed by atoms with Crippen LogP contribution < -0.4 is 10.5 Å². The van der Waals surface area contributed by atoms with Crippen molar-refractivity contribution in [1.82, 2.24) is 4.90 Å². The van der Waals surface area contributed by atoms with E-state index in [1.807, 2.05) is 0 Å². The lowest BCUT2D eigenvalue weighted by Crippen LogP contribution is -2.45. The summed E-state index contributed by atoms with van der Waals surface area (Å²) < 4.78 is 10.6. The number of nitrogen functional groups attached to an aromatic ring is 1. The SMILES string of the molecule is CCC1CN(C(=O)c2ccc(OC)cc2N)CCO1. The minimum atomic E-state index is -0.0399. The molecular weight excluding hydrogens is 244 g/mol. The monoisotopic (exact) mass is 264 g/mol. The average Bonchev–Trinajstić information content (AvgIpc) is 2.46. The Balaban J connectivity index is 2.15. The molecule has 19 heavy (non-hydrogen) atoms. The van der Waals surface area contributed by atoms with Crippen molar-refractivity contribution >= 4 is 11.6 Å². The Bertz CT molecular complexity index is 462. The molecule has 1 amide bonds. The second-order valence-electron chi connectivity index (χ2n) is 4.61. The zero-order valence-corrected chi connectivity index (χ0v) is 11.4. The molecule has 1 saturated heterocycles. The number of nitrogens with zero attached hydrogens (tertiary/aromatic N) is 1. The number of rotatable bonds is 3. The zero-order chi connectivity index (χ0) is 13.8. The number of morpholine rings is 1. The number of ether oxygens (including phenoxy) is 2. The van der Waals surface area contributed by atoms with Crippen molar-refractivity contribution in [2.45, 2.75) is 19.4 Å². The van der Waals surface area contributed by atoms with Crippen molar-refractivity contribution in [1.29, 1.82) is 0 Å². The van der Waals surface area contributed by atoms with E-state index in [1.165, 1.54) is 0 Å². The summed E-state index contributed by atoms with van der Waals surface area (Å²) >= 11 is 0. The fourth-order valence-electron chi connectivity index (χ4n) is 2.18. The Morgan fingerprint density at radius 3 is 3.00 bits per heavy atom. The molecule has 2 N–H and O–H groups in total. The van der Waals surface area contributed by atoms with Gasteiger partial charge in [0.05, 0.1) is 25.4 Å². The van der Waals surface area contributed by atoms with Gasteiger partial charge >= 0.3 is 0 Å². The highest BCUT2D eigenvalue weighted by atomic mass is 16.5. The summed E-state index contributed by atoms with van der Waals surface area (Å²) in [5, 5.41) is 0. The number of benzene rings is 1. The molecule has 1 aromatic carbocycles. The maximum atomic E-state index is 12.4. The molecule has 1 unspecified atom stereocenters. The second-order valence-corrected chi connectivity index (χ2v) is 4.61. The van der Waals surface area contributed by atoms with Crippen LogP contribution in [0.1, 0.15) is 23.7 Å². The van der Waals surface area contributed by atoms with Gasteiger partial charge in [-0.1, -0.05) is 6.92 Å². The summed E-state index contributed by atoms with van der Waals surface area (Å²) in [6, 6.07) is 5.14. The van der Waals surface area contributed by atoms with Crippen LogP contribution in [0.2, 0.25) is 0 Å². The molecule has 5 nitrogen and oxygen atoms in total. The van der Waals surface area contributed by atoms with Gasteiger partial charge in [0.2, 0.25) is 0 Å². The molecule has 0 radical (unpaired) electrons. The molecule has 1 fully saturated rings. The maximum Gasteiger partial charge on any atom is 0.256 e. The van der Waals surface area contributed by atoms with Gasteiger partial charge in [0, 0.05) is 24.8 Å². The van der Waals surface area contributed by atoms with Gasteiger partial charge in [-0.3, -0.25) is 4.79 Å². The summed E-state index contributed by atoms with van der Waals surface area (Å²) in [5.74, 6) is 0.615. The minimum absolute atomic E-state index is 0.0399. The predicted molar refractivity (Wildman–Crippen MR) is 73.3 cm³/mol. The van der Waals surface area contributed by atoms with Crippen molar-refractivity contribution in [2.24, 2.45) is 0 Å². The van der Waals surface area contributed by atoms with Crippen LogP contribution in [0.3, 0.4) is 0 Å². The van der Waals surface area contributed by atoms with Crippen LogP contribution in [0, 0.1) is 0 Å². The molecule has 104 valence electrons. The van der Waals surface area contributed by atoms with E-state index in [1.54, 1.807) is 30.2 Å². The van der Waals surface area contributed by atoms with Crippen molar-refractivity contribution in [3.8, 4) is 5.75 Å². The van der Waals surface area contributed by atoms with Gasteiger partial charge in [-0.2, -0.15) is 0 Å². The molecule has 0 bridgehead atoms. The number of carbonyl (C=O) groups is 1. The van der Waals surface area contributed by atoms with E-state index >= 15 is 0 Å². The van der Waals surface area contributed by atoms with Gasteiger partial charge in [-0.05, 0) is 18.6 Å². The van der Waals surface area contributed by atoms with Crippen molar-refractivity contribution in [3.63, 3.8) is 0 Å². The van der Waals surface area contributed by atoms with E-state index in [0.717, 1.165) is 6.42 Å². The van der Waals surface area contributed by atoms with Gasteiger partial charge in [-0.15, -0.1) is 0 Å². The molecule has 1 aliphatic rings. The fourth-order valence-corrected chi connectivity index (χ4v) is 2.18. The van der Waals surface area contributed by atoms with Crippen LogP contribution in [0.15, 0.2) is 18.2 Å². The van der Waals surface area contributed by atoms with Crippen molar-refractivity contribution < 1.29 is 14.3 Å². The molecule has 1 atom stereocenters. The first-order chi connectivity index (χ1) is 9.15. The third kappa shape index (κ3) is 2.98. The first kappa shape index (κ1) is 13.7. The van der Waals surface area contributed by atoms with Crippen LogP contribution >= 0.6 is 0 Å². The van der Waals surface area contributed by atoms with Crippen LogP contribution in [-0.2, 0) is 4.74 Å². The predicted octanol–water partition coefficient (Wildman–Crippen LogP) is 1.53. The minimum Gasteiger partial charge on any atom is -0.497 e. The molecule has 0 saturated carbocycles. The lowest BCUT2D eigenvalue weighted by Gasteiger charge is -2.32. The van der Waals surface area contributed by atoms with Crippen LogP contribution in [0.25, 0.3) is 0 Å². The number of nitrogens with two attached hydrogens (primary N) is 1. The summed E-state index contributed by atoms with van der Waals surface area (Å²) in [7, 11) is 1.57. The van der Waals surface area contributed by atoms with E-state index in [0.29, 0.717) is 36.7 Å². The third-order valence-corrected chi connectivity index (χ3v) is 3.37. The topological polar surface area (TPSA) is 64.8 Å². The number of hydrogen-bond acceptors (Lipinski definition) is 4. The first-order valence-corrected chi connectivity index (χ1v) is 6.50. The van der Waals surface area contributed by atoms with Gasteiger partial charge in [0.1, 0.15) is 5.75 Å². The molecule has 1 aliphatic heterocycles.